The maximum absolute atomic E-state index is 7.06. The van der Waals surface area contributed by atoms with E-state index in [0.29, 0.717) is 6.61 Å². The number of rotatable bonds is 9. The van der Waals surface area contributed by atoms with E-state index in [-0.39, 0.29) is 59.8 Å². The van der Waals surface area contributed by atoms with Gasteiger partial charge in [0.25, 0.3) is 0 Å². The average molecular weight is 1270 g/mol. The predicted octanol–water partition coefficient (Wildman–Crippen LogP) is 13.9. The molecule has 0 spiro atoms. The normalized spacial score (nSPS) is 16.1. The average Bonchev–Trinajstić information content (AvgIpc) is 4.02. The maximum Gasteiger partial charge on any atom is 0.468 e. The molecule has 424 valence electrons. The molecule has 2 saturated heterocycles. The maximum atomic E-state index is 7.06. The van der Waals surface area contributed by atoms with Crippen LogP contribution in [0.15, 0.2) is 97.3 Å². The SMILES string of the molecule is Cc1ncc(N2[CH-]N(c3c(B4OB(C(C)(C)C)OB(C(C)(C)C)O4)cc(C(C)(C)C)cc3B3OB(C(C)(C)C)OB(C(C)(C)C)O3)c3ccccc32)[c-]c1COCc1[c-]c2c(cc1)c1ccccc1n2-c1cc(C(C)(C)C)ccn1.[Pt]. The van der Waals surface area contributed by atoms with Gasteiger partial charge in [-0.3, -0.25) is 0 Å². The quantitative estimate of drug-likeness (QED) is 0.102. The van der Waals surface area contributed by atoms with E-state index in [1.165, 1.54) is 5.56 Å². The van der Waals surface area contributed by atoms with E-state index < -0.39 is 42.7 Å². The first kappa shape index (κ1) is 61.0. The summed E-state index contributed by atoms with van der Waals surface area (Å²) in [6.07, 6.45) is 3.78. The van der Waals surface area contributed by atoms with Crippen LogP contribution in [0.1, 0.15) is 153 Å². The van der Waals surface area contributed by atoms with E-state index in [2.05, 4.69) is 243 Å². The molecule has 0 radical (unpaired) electrons. The number of hydrogen-bond acceptors (Lipinski definition) is 11. The van der Waals surface area contributed by atoms with Crippen molar-refractivity contribution in [1.29, 1.82) is 0 Å². The number of ether oxygens (including phenoxy) is 1. The number of aromatic nitrogens is 3. The molecule has 3 aliphatic rings. The molecule has 0 saturated carbocycles. The van der Waals surface area contributed by atoms with Crippen LogP contribution in [-0.2, 0) is 77.3 Å². The van der Waals surface area contributed by atoms with Gasteiger partial charge in [-0.05, 0) is 78.9 Å². The molecular formula is C62H78B6N5O7Pt-3. The van der Waals surface area contributed by atoms with Crippen LogP contribution in [0.4, 0.5) is 22.7 Å². The van der Waals surface area contributed by atoms with Crippen molar-refractivity contribution in [2.75, 3.05) is 9.80 Å². The fourth-order valence-corrected chi connectivity index (χ4v) is 10.3. The molecule has 0 N–H and O–H groups in total. The van der Waals surface area contributed by atoms with Crippen LogP contribution in [0.3, 0.4) is 0 Å². The number of anilines is 4. The molecule has 3 aromatic heterocycles. The van der Waals surface area contributed by atoms with E-state index in [4.69, 9.17) is 42.1 Å². The molecule has 12 nitrogen and oxygen atoms in total. The molecular weight excluding hydrogens is 1190 g/mol. The molecule has 0 unspecified atom stereocenters. The Kier molecular flexibility index (Phi) is 16.9. The fraction of sp³-hybridized carbons (Fsp3) is 0.435. The van der Waals surface area contributed by atoms with Gasteiger partial charge in [-0.1, -0.05) is 197 Å². The number of pyridine rings is 2. The molecule has 4 aromatic carbocycles. The predicted molar refractivity (Wildman–Crippen MR) is 332 cm³/mol. The third-order valence-corrected chi connectivity index (χ3v) is 15.1. The van der Waals surface area contributed by atoms with E-state index in [0.717, 1.165) is 83.7 Å². The second-order valence-corrected chi connectivity index (χ2v) is 28.4. The van der Waals surface area contributed by atoms with Gasteiger partial charge in [0.15, 0.2) is 0 Å². The van der Waals surface area contributed by atoms with Gasteiger partial charge in [-0.25, -0.2) is 4.98 Å². The molecule has 2 fully saturated rings. The van der Waals surface area contributed by atoms with Crippen molar-refractivity contribution in [3.63, 3.8) is 0 Å². The molecule has 0 amide bonds. The van der Waals surface area contributed by atoms with E-state index in [1.54, 1.807) is 0 Å². The Hall–Kier alpha value is -4.62. The van der Waals surface area contributed by atoms with Crippen LogP contribution in [0.2, 0.25) is 21.3 Å². The molecule has 3 aliphatic heterocycles. The molecule has 81 heavy (non-hydrogen) atoms. The fourth-order valence-electron chi connectivity index (χ4n) is 10.3. The standard InChI is InChI=1S/C62H78B6N5O7.Pt/c1-41-43(39-74-38-42-28-29-48-47-24-20-21-25-51(47)73(54(48)32-42)55-36-44(30-31-69-55)57(2,3)4)33-46(37-70-41)71-40-72(53-27-23-22-26-52(53)71)56-49(63-75-65(59(8,9)10)79-66(76-63)60(11,12)13)34-45(58(5,6)7)35-50(56)64-77-67(61(14,15)16)80-68(78-64)62(17,18)19;/h20-31,34-37,40H,38-39H2,1-19H3;/q-3;. The van der Waals surface area contributed by atoms with Crippen molar-refractivity contribution in [1.82, 2.24) is 14.5 Å². The minimum absolute atomic E-state index is 0. The summed E-state index contributed by atoms with van der Waals surface area (Å²) in [5.74, 6) is 0.862. The monoisotopic (exact) mass is 1270 g/mol. The Bertz CT molecular complexity index is 3320. The first-order valence-electron chi connectivity index (χ1n) is 28.3. The topological polar surface area (TPSA) is 102 Å². The summed E-state index contributed by atoms with van der Waals surface area (Å²) in [6.45, 7) is 43.7. The van der Waals surface area contributed by atoms with Crippen molar-refractivity contribution in [3.05, 3.63) is 144 Å². The molecule has 0 bridgehead atoms. The smallest absolute Gasteiger partial charge is 0.468 e. The van der Waals surface area contributed by atoms with Gasteiger partial charge in [0.05, 0.1) is 6.61 Å². The number of aryl methyl sites for hydroxylation is 1. The molecule has 0 atom stereocenters. The Morgan fingerprint density at radius 3 is 1.59 bits per heavy atom. The van der Waals surface area contributed by atoms with Crippen LogP contribution < -0.4 is 20.7 Å². The van der Waals surface area contributed by atoms with Crippen LogP contribution >= 0.6 is 0 Å². The number of hydrogen-bond donors (Lipinski definition) is 0. The Balaban J connectivity index is 0.00000792. The summed E-state index contributed by atoms with van der Waals surface area (Å²) in [6, 6.07) is 37.4. The zero-order chi connectivity index (χ0) is 57.6. The largest absolute Gasteiger partial charge is 0.492 e. The van der Waals surface area contributed by atoms with Crippen LogP contribution in [0.5, 0.6) is 0 Å². The van der Waals surface area contributed by atoms with Gasteiger partial charge in [-0.2, -0.15) is 24.3 Å². The van der Waals surface area contributed by atoms with Crippen LogP contribution in [0, 0.1) is 25.7 Å². The molecule has 7 aromatic rings. The van der Waals surface area contributed by atoms with Crippen molar-refractivity contribution in [3.8, 4) is 5.82 Å². The molecule has 6 heterocycles. The van der Waals surface area contributed by atoms with Gasteiger partial charge in [-0.15, -0.1) is 23.2 Å². The van der Waals surface area contributed by atoms with Gasteiger partial charge in [0.1, 0.15) is 5.82 Å². The van der Waals surface area contributed by atoms with Crippen molar-refractivity contribution in [2.45, 2.75) is 177 Å². The van der Waals surface area contributed by atoms with Crippen LogP contribution in [-0.4, -0.2) is 57.2 Å². The zero-order valence-electron chi connectivity index (χ0n) is 51.1. The van der Waals surface area contributed by atoms with Crippen molar-refractivity contribution < 1.29 is 53.2 Å². The van der Waals surface area contributed by atoms with Gasteiger partial charge >= 0.3 is 42.7 Å². The summed E-state index contributed by atoms with van der Waals surface area (Å²) in [5, 5.41) is 0.730. The number of benzene rings is 4. The second-order valence-electron chi connectivity index (χ2n) is 28.4. The Morgan fingerprint density at radius 1 is 0.543 bits per heavy atom. The zero-order valence-corrected chi connectivity index (χ0v) is 53.4. The number of nitrogens with zero attached hydrogens (tertiary/aromatic N) is 5. The first-order chi connectivity index (χ1) is 37.3. The third kappa shape index (κ3) is 12.6. The van der Waals surface area contributed by atoms with Gasteiger partial charge in [0, 0.05) is 67.4 Å². The van der Waals surface area contributed by atoms with Crippen molar-refractivity contribution >= 4 is 98.2 Å². The minimum Gasteiger partial charge on any atom is -0.492 e. The third-order valence-electron chi connectivity index (χ3n) is 15.1. The van der Waals surface area contributed by atoms with Gasteiger partial charge < -0.3 is 51.5 Å². The Morgan fingerprint density at radius 2 is 1.06 bits per heavy atom. The number of para-hydroxylation sites is 3. The van der Waals surface area contributed by atoms with Gasteiger partial charge in [0.2, 0.25) is 0 Å². The van der Waals surface area contributed by atoms with E-state index in [1.807, 2.05) is 19.3 Å². The first-order valence-corrected chi connectivity index (χ1v) is 28.3. The summed E-state index contributed by atoms with van der Waals surface area (Å²) >= 11 is 0. The molecule has 19 heteroatoms. The number of fused-ring (bicyclic) bond motifs is 4. The van der Waals surface area contributed by atoms with Crippen LogP contribution in [0.25, 0.3) is 27.6 Å². The summed E-state index contributed by atoms with van der Waals surface area (Å²) < 4.78 is 50.4. The van der Waals surface area contributed by atoms with Crippen molar-refractivity contribution in [2.24, 2.45) is 0 Å². The van der Waals surface area contributed by atoms with E-state index in [9.17, 15) is 0 Å². The summed E-state index contributed by atoms with van der Waals surface area (Å²) in [4.78, 5) is 14.2. The molecule has 0 aliphatic carbocycles. The summed E-state index contributed by atoms with van der Waals surface area (Å²) in [7, 11) is -4.07. The minimum atomic E-state index is -0.853. The summed E-state index contributed by atoms with van der Waals surface area (Å²) in [5.41, 5.74) is 11.6. The molecule has 10 rings (SSSR count). The second kappa shape index (κ2) is 22.4. The Labute approximate surface area is 499 Å². The van der Waals surface area contributed by atoms with E-state index >= 15 is 0 Å².